The highest BCUT2D eigenvalue weighted by atomic mass is 127. The maximum atomic E-state index is 14.9. The molecule has 0 saturated heterocycles. The molecular formula is C19H16F4IN3O3S. The molecule has 0 aliphatic carbocycles. The molecule has 166 valence electrons. The predicted molar refractivity (Wildman–Crippen MR) is 112 cm³/mol. The third-order valence-corrected chi connectivity index (χ3v) is 7.23. The Labute approximate surface area is 189 Å². The minimum atomic E-state index is -4.70. The summed E-state index contributed by atoms with van der Waals surface area (Å²) in [6, 6.07) is 6.14. The molecule has 2 unspecified atom stereocenters. The first kappa shape index (κ1) is 23.7. The van der Waals surface area contributed by atoms with Crippen molar-refractivity contribution in [3.63, 3.8) is 0 Å². The number of hydrogen-bond acceptors (Lipinski definition) is 6. The van der Waals surface area contributed by atoms with Gasteiger partial charge in [-0.1, -0.05) is 0 Å². The molecule has 1 heterocycles. The van der Waals surface area contributed by atoms with Crippen molar-refractivity contribution in [2.24, 2.45) is 0 Å². The van der Waals surface area contributed by atoms with Crippen LogP contribution in [-0.2, 0) is 14.5 Å². The van der Waals surface area contributed by atoms with Gasteiger partial charge in [0.25, 0.3) is 6.43 Å². The van der Waals surface area contributed by atoms with Crippen LogP contribution in [0.2, 0.25) is 0 Å². The second kappa shape index (κ2) is 8.89. The van der Waals surface area contributed by atoms with E-state index in [2.05, 4.69) is 5.32 Å². The molecule has 31 heavy (non-hydrogen) atoms. The highest BCUT2D eigenvalue weighted by molar-refractivity contribution is 14.1. The zero-order valence-corrected chi connectivity index (χ0v) is 18.9. The molecule has 0 radical (unpaired) electrons. The van der Waals surface area contributed by atoms with Crippen LogP contribution in [0.15, 0.2) is 35.2 Å². The van der Waals surface area contributed by atoms with Crippen molar-refractivity contribution in [3.8, 4) is 17.6 Å². The Morgan fingerprint density at radius 2 is 2.06 bits per heavy atom. The molecule has 6 nitrogen and oxygen atoms in total. The summed E-state index contributed by atoms with van der Waals surface area (Å²) in [5.74, 6) is -0.364. The minimum Gasteiger partial charge on any atom is -0.457 e. The molecule has 0 aromatic heterocycles. The first-order valence-electron chi connectivity index (χ1n) is 8.76. The average Bonchev–Trinajstić information content (AvgIpc) is 2.84. The summed E-state index contributed by atoms with van der Waals surface area (Å²) in [6.45, 7) is -0.136. The number of rotatable bonds is 7. The molecule has 2 aromatic rings. The Morgan fingerprint density at radius 3 is 2.68 bits per heavy atom. The van der Waals surface area contributed by atoms with E-state index in [9.17, 15) is 21.8 Å². The molecule has 0 bridgehead atoms. The summed E-state index contributed by atoms with van der Waals surface area (Å²) in [6.07, 6.45) is -3.25. The largest absolute Gasteiger partial charge is 0.457 e. The highest BCUT2D eigenvalue weighted by Gasteiger charge is 2.59. The van der Waals surface area contributed by atoms with Gasteiger partial charge in [-0.15, -0.1) is 0 Å². The fraction of sp³-hybridized carbons (Fsp3) is 0.316. The maximum Gasteiger partial charge on any atom is 0.351 e. The number of nitriles is 1. The van der Waals surface area contributed by atoms with Crippen molar-refractivity contribution in [2.75, 3.05) is 20.3 Å². The maximum absolute atomic E-state index is 14.9. The van der Waals surface area contributed by atoms with Gasteiger partial charge in [-0.05, 0) is 52.9 Å². The van der Waals surface area contributed by atoms with Crippen LogP contribution < -0.4 is 10.1 Å². The van der Waals surface area contributed by atoms with E-state index < -0.39 is 49.2 Å². The van der Waals surface area contributed by atoms with Gasteiger partial charge in [-0.2, -0.15) is 14.0 Å². The van der Waals surface area contributed by atoms with E-state index in [1.54, 1.807) is 6.07 Å². The SMILES string of the molecule is COCCNC1c2c(ccc(Oc3cc(I)cc(C#N)c3)c2C(F)F)S(=N)(=O)C1(F)F. The van der Waals surface area contributed by atoms with E-state index in [0.29, 0.717) is 3.57 Å². The summed E-state index contributed by atoms with van der Waals surface area (Å²) in [5.41, 5.74) is -1.26. The Bertz CT molecular complexity index is 1150. The van der Waals surface area contributed by atoms with Crippen LogP contribution in [0.25, 0.3) is 0 Å². The quantitative estimate of drug-likeness (QED) is 0.272. The lowest BCUT2D eigenvalue weighted by Gasteiger charge is -2.23. The molecule has 0 amide bonds. The van der Waals surface area contributed by atoms with E-state index in [1.165, 1.54) is 19.2 Å². The van der Waals surface area contributed by atoms with E-state index in [4.69, 9.17) is 19.5 Å². The van der Waals surface area contributed by atoms with Crippen molar-refractivity contribution in [2.45, 2.75) is 22.6 Å². The number of ether oxygens (including phenoxy) is 2. The number of hydrogen-bond donors (Lipinski definition) is 2. The third-order valence-electron chi connectivity index (χ3n) is 4.63. The van der Waals surface area contributed by atoms with E-state index in [1.807, 2.05) is 28.7 Å². The van der Waals surface area contributed by atoms with Gasteiger partial charge in [0.1, 0.15) is 27.3 Å². The van der Waals surface area contributed by atoms with Gasteiger partial charge in [0.15, 0.2) is 0 Å². The van der Waals surface area contributed by atoms with Crippen LogP contribution in [0.5, 0.6) is 11.5 Å². The Kier molecular flexibility index (Phi) is 6.80. The second-order valence-electron chi connectivity index (χ2n) is 6.58. The standard InChI is InChI=1S/C19H16F4IN3O3S/c1-29-5-4-27-17-16-14(31(26,28)19(17,22)23)3-2-13(15(16)18(20)21)30-12-7-10(9-25)6-11(24)8-12/h2-3,6-8,17-18,26-27H,4-5H2,1H3. The average molecular weight is 569 g/mol. The summed E-state index contributed by atoms with van der Waals surface area (Å²) in [4.78, 5) is -0.657. The highest BCUT2D eigenvalue weighted by Crippen LogP contribution is 2.54. The lowest BCUT2D eigenvalue weighted by atomic mass is 9.99. The molecule has 2 atom stereocenters. The Balaban J connectivity index is 2.17. The van der Waals surface area contributed by atoms with Crippen LogP contribution in [0, 0.1) is 19.7 Å². The van der Waals surface area contributed by atoms with E-state index in [-0.39, 0.29) is 24.5 Å². The molecule has 0 saturated carbocycles. The van der Waals surface area contributed by atoms with E-state index >= 15 is 0 Å². The predicted octanol–water partition coefficient (Wildman–Crippen LogP) is 5.18. The lowest BCUT2D eigenvalue weighted by Crippen LogP contribution is -2.38. The van der Waals surface area contributed by atoms with Crippen molar-refractivity contribution >= 4 is 32.3 Å². The van der Waals surface area contributed by atoms with Crippen LogP contribution in [0.3, 0.4) is 0 Å². The fourth-order valence-corrected chi connectivity index (χ4v) is 5.54. The van der Waals surface area contributed by atoms with Gasteiger partial charge in [0, 0.05) is 22.8 Å². The molecule has 0 spiro atoms. The monoisotopic (exact) mass is 569 g/mol. The van der Waals surface area contributed by atoms with Crippen molar-refractivity contribution in [1.82, 2.24) is 5.32 Å². The summed E-state index contributed by atoms with van der Waals surface area (Å²) < 4.78 is 89.2. The van der Waals surface area contributed by atoms with Crippen molar-refractivity contribution in [3.05, 3.63) is 50.6 Å². The minimum absolute atomic E-state index is 0.000690. The van der Waals surface area contributed by atoms with Gasteiger partial charge in [0.2, 0.25) is 0 Å². The third kappa shape index (κ3) is 4.23. The Morgan fingerprint density at radius 1 is 1.35 bits per heavy atom. The molecule has 2 aromatic carbocycles. The molecule has 0 fully saturated rings. The van der Waals surface area contributed by atoms with Crippen LogP contribution in [0.1, 0.15) is 29.2 Å². The van der Waals surface area contributed by atoms with Gasteiger partial charge in [-0.25, -0.2) is 17.8 Å². The summed E-state index contributed by atoms with van der Waals surface area (Å²) >= 11 is 1.92. The smallest absolute Gasteiger partial charge is 0.351 e. The van der Waals surface area contributed by atoms with Gasteiger partial charge >= 0.3 is 5.25 Å². The molecule has 2 N–H and O–H groups in total. The Hall–Kier alpha value is -1.95. The van der Waals surface area contributed by atoms with Crippen LogP contribution >= 0.6 is 22.6 Å². The lowest BCUT2D eigenvalue weighted by molar-refractivity contribution is 0.0506. The molecule has 3 rings (SSSR count). The number of benzene rings is 2. The first-order valence-corrected chi connectivity index (χ1v) is 11.4. The zero-order valence-electron chi connectivity index (χ0n) is 15.9. The van der Waals surface area contributed by atoms with Gasteiger partial charge < -0.3 is 14.8 Å². The van der Waals surface area contributed by atoms with Gasteiger partial charge in [0.05, 0.1) is 28.7 Å². The van der Waals surface area contributed by atoms with Crippen LogP contribution in [-0.4, -0.2) is 29.7 Å². The first-order chi connectivity index (χ1) is 14.5. The number of nitrogens with zero attached hydrogens (tertiary/aromatic N) is 1. The number of alkyl halides is 4. The topological polar surface area (TPSA) is 95.2 Å². The summed E-state index contributed by atoms with van der Waals surface area (Å²) in [5, 5.41) is 7.36. The number of methoxy groups -OCH3 is 1. The molecule has 1 aliphatic heterocycles. The number of fused-ring (bicyclic) bond motifs is 1. The fourth-order valence-electron chi connectivity index (χ4n) is 3.28. The van der Waals surface area contributed by atoms with Gasteiger partial charge in [-0.3, -0.25) is 0 Å². The second-order valence-corrected chi connectivity index (χ2v) is 9.92. The zero-order chi connectivity index (χ0) is 23.0. The van der Waals surface area contributed by atoms with Crippen LogP contribution in [0.4, 0.5) is 17.6 Å². The molecule has 1 aliphatic rings. The van der Waals surface area contributed by atoms with E-state index in [0.717, 1.165) is 12.1 Å². The molecular weight excluding hydrogens is 553 g/mol. The molecule has 12 heteroatoms. The number of nitrogens with one attached hydrogen (secondary N) is 2. The normalized spacial score (nSPS) is 21.7. The van der Waals surface area contributed by atoms with Crippen molar-refractivity contribution < 1.29 is 31.2 Å². The number of halogens is 5. The van der Waals surface area contributed by atoms with Crippen molar-refractivity contribution in [1.29, 1.82) is 10.0 Å². The summed E-state index contributed by atoms with van der Waals surface area (Å²) in [7, 11) is -3.37.